The number of benzene rings is 2. The molecule has 0 radical (unpaired) electrons. The molecule has 2 saturated heterocycles. The topological polar surface area (TPSA) is 87.7 Å². The SMILES string of the molecule is Cc1cc(Cl)ccc1O[C@H](C)C(=O)N1CCC([C@]2(Cc3ccccc3F)NC(=O)NC2=O)CC1. The molecule has 0 saturated carbocycles. The van der Waals surface area contributed by atoms with E-state index in [1.54, 1.807) is 48.2 Å². The molecule has 0 bridgehead atoms. The van der Waals surface area contributed by atoms with Crippen molar-refractivity contribution >= 4 is 29.4 Å². The largest absolute Gasteiger partial charge is 0.481 e. The number of nitrogens with zero attached hydrogens (tertiary/aromatic N) is 1. The number of carbonyl (C=O) groups is 3. The van der Waals surface area contributed by atoms with Crippen LogP contribution in [-0.4, -0.2) is 47.5 Å². The Bertz CT molecular complexity index is 1120. The molecule has 9 heteroatoms. The second-order valence-corrected chi connectivity index (χ2v) is 9.35. The fourth-order valence-corrected chi connectivity index (χ4v) is 5.07. The van der Waals surface area contributed by atoms with E-state index in [1.165, 1.54) is 6.07 Å². The zero-order valence-corrected chi connectivity index (χ0v) is 19.8. The highest BCUT2D eigenvalue weighted by Crippen LogP contribution is 2.35. The molecule has 2 aromatic carbocycles. The quantitative estimate of drug-likeness (QED) is 0.609. The molecular weight excluding hydrogens is 461 g/mol. The summed E-state index contributed by atoms with van der Waals surface area (Å²) < 4.78 is 20.2. The molecule has 2 aliphatic heterocycles. The van der Waals surface area contributed by atoms with Gasteiger partial charge in [-0.25, -0.2) is 9.18 Å². The Hall–Kier alpha value is -3.13. The van der Waals surface area contributed by atoms with Crippen LogP contribution < -0.4 is 15.4 Å². The van der Waals surface area contributed by atoms with Crippen molar-refractivity contribution in [2.75, 3.05) is 13.1 Å². The van der Waals surface area contributed by atoms with Crippen LogP contribution in [0.4, 0.5) is 9.18 Å². The van der Waals surface area contributed by atoms with Gasteiger partial charge in [0.1, 0.15) is 17.1 Å². The number of amides is 4. The zero-order chi connectivity index (χ0) is 24.5. The summed E-state index contributed by atoms with van der Waals surface area (Å²) >= 11 is 5.99. The highest BCUT2D eigenvalue weighted by atomic mass is 35.5. The Morgan fingerprint density at radius 1 is 1.24 bits per heavy atom. The third-order valence-electron chi connectivity index (χ3n) is 6.69. The number of hydrogen-bond donors (Lipinski definition) is 2. The lowest BCUT2D eigenvalue weighted by Crippen LogP contribution is -2.58. The molecule has 2 aliphatic rings. The van der Waals surface area contributed by atoms with Crippen LogP contribution in [0.3, 0.4) is 0 Å². The van der Waals surface area contributed by atoms with Crippen LogP contribution in [0.5, 0.6) is 5.75 Å². The smallest absolute Gasteiger partial charge is 0.322 e. The van der Waals surface area contributed by atoms with E-state index in [9.17, 15) is 18.8 Å². The minimum absolute atomic E-state index is 0.0468. The van der Waals surface area contributed by atoms with Crippen molar-refractivity contribution < 1.29 is 23.5 Å². The molecule has 2 atom stereocenters. The molecule has 0 spiro atoms. The number of imide groups is 1. The molecule has 180 valence electrons. The number of nitrogens with one attached hydrogen (secondary N) is 2. The lowest BCUT2D eigenvalue weighted by Gasteiger charge is -2.41. The van der Waals surface area contributed by atoms with E-state index in [4.69, 9.17) is 16.3 Å². The van der Waals surface area contributed by atoms with E-state index < -0.39 is 29.4 Å². The van der Waals surface area contributed by atoms with Crippen LogP contribution in [0.25, 0.3) is 0 Å². The van der Waals surface area contributed by atoms with Gasteiger partial charge in [-0.3, -0.25) is 14.9 Å². The molecule has 2 aromatic rings. The Labute approximate surface area is 202 Å². The summed E-state index contributed by atoms with van der Waals surface area (Å²) in [6, 6.07) is 10.9. The number of likely N-dealkylation sites (tertiary alicyclic amines) is 1. The molecule has 2 heterocycles. The van der Waals surface area contributed by atoms with Gasteiger partial charge in [-0.1, -0.05) is 29.8 Å². The monoisotopic (exact) mass is 487 g/mol. The number of ether oxygens (including phenoxy) is 1. The van der Waals surface area contributed by atoms with Crippen molar-refractivity contribution in [2.24, 2.45) is 5.92 Å². The van der Waals surface area contributed by atoms with E-state index >= 15 is 0 Å². The summed E-state index contributed by atoms with van der Waals surface area (Å²) in [6.07, 6.45) is 0.324. The van der Waals surface area contributed by atoms with E-state index in [-0.39, 0.29) is 18.2 Å². The Kier molecular flexibility index (Phi) is 6.79. The summed E-state index contributed by atoms with van der Waals surface area (Å²) in [7, 11) is 0. The molecule has 7 nitrogen and oxygen atoms in total. The van der Waals surface area contributed by atoms with Gasteiger partial charge in [-0.05, 0) is 68.0 Å². The molecule has 4 amide bonds. The van der Waals surface area contributed by atoms with Crippen molar-refractivity contribution in [3.05, 3.63) is 64.4 Å². The van der Waals surface area contributed by atoms with Crippen molar-refractivity contribution in [3.8, 4) is 5.75 Å². The van der Waals surface area contributed by atoms with Gasteiger partial charge in [0.15, 0.2) is 6.10 Å². The van der Waals surface area contributed by atoms with Gasteiger partial charge >= 0.3 is 6.03 Å². The number of piperidine rings is 1. The van der Waals surface area contributed by atoms with Crippen LogP contribution in [0, 0.1) is 18.7 Å². The van der Waals surface area contributed by atoms with Crippen LogP contribution >= 0.6 is 11.6 Å². The first-order chi connectivity index (χ1) is 16.2. The van der Waals surface area contributed by atoms with E-state index in [2.05, 4.69) is 10.6 Å². The first-order valence-electron chi connectivity index (χ1n) is 11.3. The van der Waals surface area contributed by atoms with Crippen molar-refractivity contribution in [2.45, 2.75) is 44.8 Å². The lowest BCUT2D eigenvalue weighted by atomic mass is 9.74. The Morgan fingerprint density at radius 3 is 2.56 bits per heavy atom. The number of aryl methyl sites for hydroxylation is 1. The summed E-state index contributed by atoms with van der Waals surface area (Å²) in [6.45, 7) is 4.37. The third-order valence-corrected chi connectivity index (χ3v) is 6.92. The third kappa shape index (κ3) is 4.73. The minimum Gasteiger partial charge on any atom is -0.481 e. The van der Waals surface area contributed by atoms with Crippen LogP contribution in [-0.2, 0) is 16.0 Å². The van der Waals surface area contributed by atoms with Crippen molar-refractivity contribution in [1.29, 1.82) is 0 Å². The number of carbonyl (C=O) groups excluding carboxylic acids is 3. The molecule has 2 fully saturated rings. The number of urea groups is 1. The summed E-state index contributed by atoms with van der Waals surface area (Å²) in [5.74, 6) is -0.699. The average Bonchev–Trinajstić information content (AvgIpc) is 3.10. The maximum absolute atomic E-state index is 14.4. The van der Waals surface area contributed by atoms with E-state index in [0.717, 1.165) is 5.56 Å². The van der Waals surface area contributed by atoms with Crippen LogP contribution in [0.15, 0.2) is 42.5 Å². The van der Waals surface area contributed by atoms with Crippen molar-refractivity contribution in [3.63, 3.8) is 0 Å². The number of rotatable bonds is 6. The fraction of sp³-hybridized carbons (Fsp3) is 0.400. The van der Waals surface area contributed by atoms with E-state index in [1.807, 2.05) is 6.92 Å². The molecule has 0 aliphatic carbocycles. The Balaban J connectivity index is 1.44. The average molecular weight is 488 g/mol. The summed E-state index contributed by atoms with van der Waals surface area (Å²) in [5.41, 5.74) is -0.0561. The highest BCUT2D eigenvalue weighted by molar-refractivity contribution is 6.30. The van der Waals surface area contributed by atoms with Gasteiger partial charge in [0.2, 0.25) is 0 Å². The number of halogens is 2. The minimum atomic E-state index is -1.25. The summed E-state index contributed by atoms with van der Waals surface area (Å²) in [5, 5.41) is 5.68. The second-order valence-electron chi connectivity index (χ2n) is 8.92. The molecule has 2 N–H and O–H groups in total. The predicted molar refractivity (Wildman–Crippen MR) is 125 cm³/mol. The van der Waals surface area contributed by atoms with E-state index in [0.29, 0.717) is 42.3 Å². The lowest BCUT2D eigenvalue weighted by molar-refractivity contribution is -0.140. The molecular formula is C25H27ClFN3O4. The normalized spacial score (nSPS) is 21.7. The second kappa shape index (κ2) is 9.62. The van der Waals surface area contributed by atoms with Crippen molar-refractivity contribution in [1.82, 2.24) is 15.5 Å². The van der Waals surface area contributed by atoms with Gasteiger partial charge in [0.25, 0.3) is 11.8 Å². The fourth-order valence-electron chi connectivity index (χ4n) is 4.84. The van der Waals surface area contributed by atoms with Gasteiger partial charge in [0.05, 0.1) is 0 Å². The predicted octanol–water partition coefficient (Wildman–Crippen LogP) is 3.61. The molecule has 0 unspecified atom stereocenters. The standard InChI is InChI=1S/C25H27ClFN3O4/c1-15-13-19(26)7-8-21(15)34-16(2)22(31)30-11-9-18(10-12-30)25(23(32)28-24(33)29-25)14-17-5-3-4-6-20(17)27/h3-8,13,16,18H,9-12,14H2,1-2H3,(H2,28,29,32,33)/t16-,25+/m1/s1. The molecule has 0 aromatic heterocycles. The molecule has 34 heavy (non-hydrogen) atoms. The van der Waals surface area contributed by atoms with Crippen LogP contribution in [0.1, 0.15) is 30.9 Å². The zero-order valence-electron chi connectivity index (χ0n) is 19.1. The van der Waals surface area contributed by atoms with Gasteiger partial charge in [-0.15, -0.1) is 0 Å². The first kappa shape index (κ1) is 24.0. The van der Waals surface area contributed by atoms with Gasteiger partial charge in [-0.2, -0.15) is 0 Å². The summed E-state index contributed by atoms with van der Waals surface area (Å²) in [4.78, 5) is 39.6. The maximum Gasteiger partial charge on any atom is 0.322 e. The maximum atomic E-state index is 14.4. The highest BCUT2D eigenvalue weighted by Gasteiger charge is 2.52. The van der Waals surface area contributed by atoms with Crippen LogP contribution in [0.2, 0.25) is 5.02 Å². The van der Waals surface area contributed by atoms with Gasteiger partial charge in [0, 0.05) is 24.5 Å². The Morgan fingerprint density at radius 2 is 1.94 bits per heavy atom. The first-order valence-corrected chi connectivity index (χ1v) is 11.7. The molecule has 4 rings (SSSR count). The number of hydrogen-bond acceptors (Lipinski definition) is 4. The van der Waals surface area contributed by atoms with Gasteiger partial charge < -0.3 is 15.0 Å².